The van der Waals surface area contributed by atoms with Gasteiger partial charge in [-0.05, 0) is 18.7 Å². The van der Waals surface area contributed by atoms with Crippen molar-refractivity contribution in [3.8, 4) is 0 Å². The lowest BCUT2D eigenvalue weighted by Gasteiger charge is -2.41. The molecule has 24 heavy (non-hydrogen) atoms. The lowest BCUT2D eigenvalue weighted by atomic mass is 9.94. The van der Waals surface area contributed by atoms with E-state index in [1.165, 1.54) is 0 Å². The second-order valence-corrected chi connectivity index (χ2v) is 7.08. The highest BCUT2D eigenvalue weighted by molar-refractivity contribution is 5.87. The van der Waals surface area contributed by atoms with E-state index in [0.717, 1.165) is 43.3 Å². The number of nitrogens with zero attached hydrogens (tertiary/aromatic N) is 5. The van der Waals surface area contributed by atoms with E-state index in [-0.39, 0.29) is 5.91 Å². The van der Waals surface area contributed by atoms with Gasteiger partial charge in [-0.3, -0.25) is 4.79 Å². The molecule has 2 N–H and O–H groups in total. The number of hydrogen-bond donors (Lipinski definition) is 2. The van der Waals surface area contributed by atoms with Gasteiger partial charge in [0.05, 0.1) is 5.69 Å². The molecule has 8 nitrogen and oxygen atoms in total. The zero-order valence-corrected chi connectivity index (χ0v) is 14.0. The Morgan fingerprint density at radius 1 is 1.21 bits per heavy atom. The molecule has 4 rings (SSSR count). The molecule has 0 atom stereocenters. The molecule has 0 radical (unpaired) electrons. The van der Waals surface area contributed by atoms with Crippen molar-refractivity contribution in [3.63, 3.8) is 0 Å². The highest BCUT2D eigenvalue weighted by Gasteiger charge is 2.45. The summed E-state index contributed by atoms with van der Waals surface area (Å²) < 4.78 is 0. The Morgan fingerprint density at radius 3 is 2.62 bits per heavy atom. The van der Waals surface area contributed by atoms with Crippen LogP contribution in [0.3, 0.4) is 0 Å². The molecule has 0 spiro atoms. The van der Waals surface area contributed by atoms with Gasteiger partial charge in [0.2, 0.25) is 0 Å². The lowest BCUT2D eigenvalue weighted by Crippen LogP contribution is -2.68. The summed E-state index contributed by atoms with van der Waals surface area (Å²) in [4.78, 5) is 18.8. The van der Waals surface area contributed by atoms with Crippen LogP contribution in [0.2, 0.25) is 0 Å². The van der Waals surface area contributed by atoms with Crippen molar-refractivity contribution < 1.29 is 9.90 Å². The molecular weight excluding hydrogens is 308 g/mol. The van der Waals surface area contributed by atoms with E-state index >= 15 is 0 Å². The SMILES string of the molecule is CN1CCN(c2cc3c(nn2)CCN(C(=O)C2(O)CNC2)C3)CC1. The summed E-state index contributed by atoms with van der Waals surface area (Å²) in [6.07, 6.45) is 0.695. The number of aliphatic hydroxyl groups is 1. The molecule has 0 unspecified atom stereocenters. The van der Waals surface area contributed by atoms with Crippen molar-refractivity contribution in [2.75, 3.05) is 57.8 Å². The van der Waals surface area contributed by atoms with Crippen LogP contribution in [0.15, 0.2) is 6.07 Å². The van der Waals surface area contributed by atoms with Crippen LogP contribution in [0.5, 0.6) is 0 Å². The number of hydrogen-bond acceptors (Lipinski definition) is 7. The van der Waals surface area contributed by atoms with E-state index in [1.807, 2.05) is 0 Å². The first-order chi connectivity index (χ1) is 11.5. The predicted molar refractivity (Wildman–Crippen MR) is 88.7 cm³/mol. The second kappa shape index (κ2) is 5.94. The number of piperazine rings is 1. The lowest BCUT2D eigenvalue weighted by molar-refractivity contribution is -0.157. The molecule has 8 heteroatoms. The fourth-order valence-electron chi connectivity index (χ4n) is 3.49. The average Bonchev–Trinajstić information content (AvgIpc) is 2.58. The van der Waals surface area contributed by atoms with Crippen molar-refractivity contribution in [1.82, 2.24) is 25.3 Å². The molecule has 0 aliphatic carbocycles. The van der Waals surface area contributed by atoms with Gasteiger partial charge in [-0.25, -0.2) is 0 Å². The van der Waals surface area contributed by atoms with E-state index in [0.29, 0.717) is 32.6 Å². The summed E-state index contributed by atoms with van der Waals surface area (Å²) >= 11 is 0. The number of anilines is 1. The quantitative estimate of drug-likeness (QED) is 0.678. The Balaban J connectivity index is 1.50. The van der Waals surface area contributed by atoms with Crippen LogP contribution in [0.25, 0.3) is 0 Å². The standard InChI is InChI=1S/C16H24N6O2/c1-20-4-6-21(7-5-20)14-8-12-9-22(3-2-13(12)18-19-14)15(23)16(24)10-17-11-16/h8,17,24H,2-7,9-11H2,1H3. The summed E-state index contributed by atoms with van der Waals surface area (Å²) in [6.45, 7) is 5.71. The molecule has 1 aromatic heterocycles. The van der Waals surface area contributed by atoms with E-state index in [2.05, 4.69) is 38.4 Å². The van der Waals surface area contributed by atoms with Gasteiger partial charge in [0.25, 0.3) is 5.91 Å². The van der Waals surface area contributed by atoms with Gasteiger partial charge in [0.15, 0.2) is 11.4 Å². The third-order valence-corrected chi connectivity index (χ3v) is 5.27. The number of likely N-dealkylation sites (N-methyl/N-ethyl adjacent to an activating group) is 1. The van der Waals surface area contributed by atoms with Crippen LogP contribution in [0.4, 0.5) is 5.82 Å². The molecule has 0 saturated carbocycles. The number of amides is 1. The maximum Gasteiger partial charge on any atom is 0.257 e. The van der Waals surface area contributed by atoms with Gasteiger partial charge < -0.3 is 25.1 Å². The summed E-state index contributed by atoms with van der Waals surface area (Å²) in [5.41, 5.74) is 0.795. The molecular formula is C16H24N6O2. The minimum Gasteiger partial charge on any atom is -0.377 e. The summed E-state index contributed by atoms with van der Waals surface area (Å²) in [5.74, 6) is 0.713. The summed E-state index contributed by atoms with van der Waals surface area (Å²) in [7, 11) is 2.12. The molecule has 2 saturated heterocycles. The number of nitrogens with one attached hydrogen (secondary N) is 1. The Hall–Kier alpha value is -1.77. The minimum absolute atomic E-state index is 0.176. The van der Waals surface area contributed by atoms with Gasteiger partial charge in [0.1, 0.15) is 0 Å². The van der Waals surface area contributed by atoms with E-state index in [9.17, 15) is 9.90 Å². The van der Waals surface area contributed by atoms with Crippen LogP contribution >= 0.6 is 0 Å². The van der Waals surface area contributed by atoms with Crippen LogP contribution in [-0.4, -0.2) is 89.5 Å². The molecule has 3 aliphatic heterocycles. The molecule has 1 aromatic rings. The van der Waals surface area contributed by atoms with Crippen molar-refractivity contribution in [3.05, 3.63) is 17.3 Å². The highest BCUT2D eigenvalue weighted by atomic mass is 16.3. The first-order valence-corrected chi connectivity index (χ1v) is 8.57. The molecule has 0 bridgehead atoms. The molecule has 4 heterocycles. The zero-order chi connectivity index (χ0) is 16.7. The third-order valence-electron chi connectivity index (χ3n) is 5.27. The maximum absolute atomic E-state index is 12.5. The van der Waals surface area contributed by atoms with E-state index in [4.69, 9.17) is 0 Å². The third kappa shape index (κ3) is 2.74. The van der Waals surface area contributed by atoms with Crippen LogP contribution in [0, 0.1) is 0 Å². The van der Waals surface area contributed by atoms with Gasteiger partial charge in [-0.1, -0.05) is 0 Å². The number of β-amino-alcohol motifs (C(OH)–C–C–N with tert-alkyl or cyclic N) is 1. The Labute approximate surface area is 141 Å². The predicted octanol–water partition coefficient (Wildman–Crippen LogP) is -1.55. The normalized spacial score (nSPS) is 23.6. The Kier molecular flexibility index (Phi) is 3.90. The van der Waals surface area contributed by atoms with Crippen LogP contribution in [-0.2, 0) is 17.8 Å². The highest BCUT2D eigenvalue weighted by Crippen LogP contribution is 2.24. The molecule has 0 aromatic carbocycles. The summed E-state index contributed by atoms with van der Waals surface area (Å²) in [5, 5.41) is 22.0. The number of carbonyl (C=O) groups excluding carboxylic acids is 1. The van der Waals surface area contributed by atoms with Crippen molar-refractivity contribution >= 4 is 11.7 Å². The number of rotatable bonds is 2. The average molecular weight is 332 g/mol. The molecule has 1 amide bonds. The zero-order valence-electron chi connectivity index (χ0n) is 14.0. The van der Waals surface area contributed by atoms with Gasteiger partial charge >= 0.3 is 0 Å². The largest absolute Gasteiger partial charge is 0.377 e. The van der Waals surface area contributed by atoms with Crippen LogP contribution < -0.4 is 10.2 Å². The Bertz CT molecular complexity index is 639. The number of fused-ring (bicyclic) bond motifs is 1. The minimum atomic E-state index is -1.22. The number of aromatic nitrogens is 2. The van der Waals surface area contributed by atoms with Crippen molar-refractivity contribution in [2.45, 2.75) is 18.6 Å². The fourth-order valence-corrected chi connectivity index (χ4v) is 3.49. The second-order valence-electron chi connectivity index (χ2n) is 7.08. The van der Waals surface area contributed by atoms with Crippen molar-refractivity contribution in [2.24, 2.45) is 0 Å². The first-order valence-electron chi connectivity index (χ1n) is 8.57. The van der Waals surface area contributed by atoms with E-state index in [1.54, 1.807) is 4.90 Å². The van der Waals surface area contributed by atoms with Gasteiger partial charge in [-0.2, -0.15) is 5.10 Å². The van der Waals surface area contributed by atoms with Gasteiger partial charge in [-0.15, -0.1) is 5.10 Å². The van der Waals surface area contributed by atoms with Crippen molar-refractivity contribution in [1.29, 1.82) is 0 Å². The molecule has 3 aliphatic rings. The maximum atomic E-state index is 12.5. The molecule has 130 valence electrons. The molecule has 2 fully saturated rings. The fraction of sp³-hybridized carbons (Fsp3) is 0.688. The van der Waals surface area contributed by atoms with Gasteiger partial charge in [0, 0.05) is 58.8 Å². The first kappa shape index (κ1) is 15.7. The van der Waals surface area contributed by atoms with E-state index < -0.39 is 5.60 Å². The van der Waals surface area contributed by atoms with Crippen LogP contribution in [0.1, 0.15) is 11.3 Å². The summed E-state index contributed by atoms with van der Waals surface area (Å²) in [6, 6.07) is 2.07. The smallest absolute Gasteiger partial charge is 0.257 e. The Morgan fingerprint density at radius 2 is 1.96 bits per heavy atom. The number of carbonyl (C=O) groups is 1. The topological polar surface area (TPSA) is 84.8 Å². The monoisotopic (exact) mass is 332 g/mol.